The largest absolute Gasteiger partial charge is 0.465 e. The molecule has 128 valence electrons. The van der Waals surface area contributed by atoms with E-state index in [1.165, 1.54) is 17.0 Å². The van der Waals surface area contributed by atoms with E-state index in [0.717, 1.165) is 12.1 Å². The first-order valence-electron chi connectivity index (χ1n) is 7.37. The Morgan fingerprint density at radius 2 is 1.78 bits per heavy atom. The average molecular weight is 330 g/mol. The lowest BCUT2D eigenvalue weighted by atomic mass is 9.74. The Bertz CT molecular complexity index is 564. The van der Waals surface area contributed by atoms with Crippen LogP contribution in [0.1, 0.15) is 19.4 Å². The van der Waals surface area contributed by atoms with E-state index in [-0.39, 0.29) is 11.3 Å². The van der Waals surface area contributed by atoms with Gasteiger partial charge in [0.15, 0.2) is 0 Å². The van der Waals surface area contributed by atoms with Gasteiger partial charge in [-0.1, -0.05) is 13.8 Å². The van der Waals surface area contributed by atoms with Gasteiger partial charge in [0.05, 0.1) is 5.56 Å². The summed E-state index contributed by atoms with van der Waals surface area (Å²) >= 11 is 0. The van der Waals surface area contributed by atoms with Crippen molar-refractivity contribution in [3.05, 3.63) is 29.8 Å². The highest BCUT2D eigenvalue weighted by molar-refractivity contribution is 5.66. The molecule has 1 aromatic carbocycles. The average Bonchev–Trinajstić information content (AvgIpc) is 2.34. The van der Waals surface area contributed by atoms with Gasteiger partial charge < -0.3 is 14.9 Å². The molecule has 1 amide bonds. The molecule has 0 spiro atoms. The second-order valence-electron chi connectivity index (χ2n) is 6.77. The molecule has 0 unspecified atom stereocenters. The SMILES string of the molecule is CN(CC(C)(C)C1CN(C(=O)O)C1)c1ccc(C(F)(F)F)cc1. The van der Waals surface area contributed by atoms with Crippen molar-refractivity contribution in [1.29, 1.82) is 0 Å². The van der Waals surface area contributed by atoms with Crippen molar-refractivity contribution in [2.45, 2.75) is 20.0 Å². The molecule has 23 heavy (non-hydrogen) atoms. The second-order valence-corrected chi connectivity index (χ2v) is 6.77. The van der Waals surface area contributed by atoms with E-state index < -0.39 is 17.8 Å². The minimum Gasteiger partial charge on any atom is -0.465 e. The van der Waals surface area contributed by atoms with Gasteiger partial charge in [-0.15, -0.1) is 0 Å². The van der Waals surface area contributed by atoms with Crippen molar-refractivity contribution in [1.82, 2.24) is 4.90 Å². The molecule has 1 N–H and O–H groups in total. The predicted octanol–water partition coefficient (Wildman–Crippen LogP) is 3.78. The van der Waals surface area contributed by atoms with Crippen LogP contribution in [0.4, 0.5) is 23.7 Å². The van der Waals surface area contributed by atoms with Crippen LogP contribution in [0.3, 0.4) is 0 Å². The third-order valence-corrected chi connectivity index (χ3v) is 4.54. The molecule has 0 aromatic heterocycles. The summed E-state index contributed by atoms with van der Waals surface area (Å²) in [5.41, 5.74) is -0.0888. The van der Waals surface area contributed by atoms with E-state index in [1.54, 1.807) is 0 Å². The van der Waals surface area contributed by atoms with Crippen LogP contribution in [0.5, 0.6) is 0 Å². The van der Waals surface area contributed by atoms with Crippen LogP contribution in [0.25, 0.3) is 0 Å². The number of benzene rings is 1. The molecule has 1 aromatic rings. The summed E-state index contributed by atoms with van der Waals surface area (Å²) < 4.78 is 37.8. The minimum atomic E-state index is -4.33. The van der Waals surface area contributed by atoms with Crippen LogP contribution < -0.4 is 4.90 Å². The standard InChI is InChI=1S/C16H21F3N2O2/c1-15(2,12-8-21(9-12)14(22)23)10-20(3)13-6-4-11(5-7-13)16(17,18)19/h4-7,12H,8-10H2,1-3H3,(H,22,23). The van der Waals surface area contributed by atoms with Gasteiger partial charge in [-0.2, -0.15) is 13.2 Å². The van der Waals surface area contributed by atoms with E-state index in [4.69, 9.17) is 5.11 Å². The first kappa shape index (κ1) is 17.4. The number of alkyl halides is 3. The Balaban J connectivity index is 1.98. The molecule has 4 nitrogen and oxygen atoms in total. The molecule has 0 bridgehead atoms. The fraction of sp³-hybridized carbons (Fsp3) is 0.562. The lowest BCUT2D eigenvalue weighted by molar-refractivity contribution is -0.137. The topological polar surface area (TPSA) is 43.8 Å². The summed E-state index contributed by atoms with van der Waals surface area (Å²) in [5.74, 6) is 0.246. The second kappa shape index (κ2) is 5.94. The molecule has 1 heterocycles. The maximum Gasteiger partial charge on any atom is 0.416 e. The summed E-state index contributed by atoms with van der Waals surface area (Å²) in [5, 5.41) is 8.89. The quantitative estimate of drug-likeness (QED) is 0.914. The summed E-state index contributed by atoms with van der Waals surface area (Å²) in [7, 11) is 1.83. The molecular weight excluding hydrogens is 309 g/mol. The number of likely N-dealkylation sites (tertiary alicyclic amines) is 1. The summed E-state index contributed by atoms with van der Waals surface area (Å²) in [6, 6.07) is 5.08. The Hall–Kier alpha value is -1.92. The first-order valence-corrected chi connectivity index (χ1v) is 7.37. The van der Waals surface area contributed by atoms with Gasteiger partial charge >= 0.3 is 12.3 Å². The van der Waals surface area contributed by atoms with Crippen LogP contribution in [-0.2, 0) is 6.18 Å². The van der Waals surface area contributed by atoms with Crippen LogP contribution in [0, 0.1) is 11.3 Å². The van der Waals surface area contributed by atoms with Gasteiger partial charge in [0, 0.05) is 38.3 Å². The van der Waals surface area contributed by atoms with E-state index in [2.05, 4.69) is 13.8 Å². The molecule has 1 aliphatic rings. The lowest BCUT2D eigenvalue weighted by Gasteiger charge is -2.47. The van der Waals surface area contributed by atoms with Crippen LogP contribution in [-0.4, -0.2) is 42.8 Å². The molecule has 1 aliphatic heterocycles. The number of hydrogen-bond acceptors (Lipinski definition) is 2. The third-order valence-electron chi connectivity index (χ3n) is 4.54. The van der Waals surface area contributed by atoms with Gasteiger partial charge in [0.25, 0.3) is 0 Å². The molecule has 1 fully saturated rings. The van der Waals surface area contributed by atoms with Crippen molar-refractivity contribution in [3.8, 4) is 0 Å². The summed E-state index contributed by atoms with van der Waals surface area (Å²) in [6.07, 6.45) is -5.24. The Morgan fingerprint density at radius 3 is 2.22 bits per heavy atom. The number of hydrogen-bond donors (Lipinski definition) is 1. The molecule has 1 saturated heterocycles. The van der Waals surface area contributed by atoms with Crippen molar-refractivity contribution < 1.29 is 23.1 Å². The molecule has 2 rings (SSSR count). The molecule has 0 saturated carbocycles. The number of rotatable bonds is 4. The number of amides is 1. The predicted molar refractivity (Wildman–Crippen MR) is 81.6 cm³/mol. The monoisotopic (exact) mass is 330 g/mol. The van der Waals surface area contributed by atoms with Crippen LogP contribution >= 0.6 is 0 Å². The fourth-order valence-electron chi connectivity index (χ4n) is 2.87. The highest BCUT2D eigenvalue weighted by Gasteiger charge is 2.41. The summed E-state index contributed by atoms with van der Waals surface area (Å²) in [4.78, 5) is 14.1. The van der Waals surface area contributed by atoms with Crippen molar-refractivity contribution >= 4 is 11.8 Å². The van der Waals surface area contributed by atoms with E-state index >= 15 is 0 Å². The first-order chi connectivity index (χ1) is 10.5. The molecular formula is C16H21F3N2O2. The van der Waals surface area contributed by atoms with E-state index in [1.807, 2.05) is 11.9 Å². The molecule has 0 atom stereocenters. The summed E-state index contributed by atoms with van der Waals surface area (Å²) in [6.45, 7) is 5.75. The lowest BCUT2D eigenvalue weighted by Crippen LogP contribution is -2.57. The van der Waals surface area contributed by atoms with Gasteiger partial charge in [-0.25, -0.2) is 4.79 Å². The highest BCUT2D eigenvalue weighted by Crippen LogP contribution is 2.36. The maximum absolute atomic E-state index is 12.6. The zero-order valence-electron chi connectivity index (χ0n) is 13.4. The van der Waals surface area contributed by atoms with Gasteiger partial charge in [-0.05, 0) is 29.7 Å². The highest BCUT2D eigenvalue weighted by atomic mass is 19.4. The normalized spacial score (nSPS) is 16.2. The van der Waals surface area contributed by atoms with Gasteiger partial charge in [0.1, 0.15) is 0 Å². The Kier molecular flexibility index (Phi) is 4.50. The number of carbonyl (C=O) groups is 1. The van der Waals surface area contributed by atoms with Crippen LogP contribution in [0.15, 0.2) is 24.3 Å². The van der Waals surface area contributed by atoms with Crippen molar-refractivity contribution in [2.24, 2.45) is 11.3 Å². The fourth-order valence-corrected chi connectivity index (χ4v) is 2.87. The van der Waals surface area contributed by atoms with Crippen LogP contribution in [0.2, 0.25) is 0 Å². The minimum absolute atomic E-state index is 0.136. The molecule has 0 aliphatic carbocycles. The van der Waals surface area contributed by atoms with Crippen molar-refractivity contribution in [2.75, 3.05) is 31.6 Å². The Morgan fingerprint density at radius 1 is 1.26 bits per heavy atom. The smallest absolute Gasteiger partial charge is 0.416 e. The Labute approximate surface area is 133 Å². The van der Waals surface area contributed by atoms with E-state index in [9.17, 15) is 18.0 Å². The maximum atomic E-state index is 12.6. The van der Waals surface area contributed by atoms with Crippen molar-refractivity contribution in [3.63, 3.8) is 0 Å². The number of carboxylic acid groups (broad SMARTS) is 1. The number of halogens is 3. The third kappa shape index (κ3) is 3.89. The molecule has 7 heteroatoms. The number of anilines is 1. The zero-order valence-corrected chi connectivity index (χ0v) is 13.4. The van der Waals surface area contributed by atoms with Gasteiger partial charge in [0.2, 0.25) is 0 Å². The zero-order chi connectivity index (χ0) is 17.4. The van der Waals surface area contributed by atoms with Gasteiger partial charge in [-0.3, -0.25) is 0 Å². The molecule has 0 radical (unpaired) electrons. The number of nitrogens with zero attached hydrogens (tertiary/aromatic N) is 2. The van der Waals surface area contributed by atoms with E-state index in [0.29, 0.717) is 25.3 Å².